The van der Waals surface area contributed by atoms with Crippen molar-refractivity contribution in [2.45, 2.75) is 53.6 Å². The summed E-state index contributed by atoms with van der Waals surface area (Å²) in [5.74, 6) is 1.40. The highest BCUT2D eigenvalue weighted by Gasteiger charge is 2.23. The number of nitrogens with zero attached hydrogens (tertiary/aromatic N) is 3. The van der Waals surface area contributed by atoms with Crippen LogP contribution >= 0.6 is 0 Å². The van der Waals surface area contributed by atoms with Crippen LogP contribution in [0.5, 0.6) is 5.75 Å². The normalized spacial score (nSPS) is 12.3. The number of carbonyl (C=O) groups is 1. The van der Waals surface area contributed by atoms with Gasteiger partial charge >= 0.3 is 0 Å². The maximum atomic E-state index is 12.9. The van der Waals surface area contributed by atoms with Crippen molar-refractivity contribution in [3.05, 3.63) is 46.8 Å². The van der Waals surface area contributed by atoms with Crippen molar-refractivity contribution in [3.8, 4) is 5.75 Å². The lowest BCUT2D eigenvalue weighted by molar-refractivity contribution is -0.131. The van der Waals surface area contributed by atoms with E-state index < -0.39 is 0 Å². The van der Waals surface area contributed by atoms with Crippen molar-refractivity contribution in [2.75, 3.05) is 14.2 Å². The summed E-state index contributed by atoms with van der Waals surface area (Å²) >= 11 is 0. The molecule has 2 aromatic rings. The Morgan fingerprint density at radius 3 is 2.50 bits per heavy atom. The van der Waals surface area contributed by atoms with E-state index in [9.17, 15) is 4.79 Å². The molecule has 1 unspecified atom stereocenters. The quantitative estimate of drug-likeness (QED) is 0.754. The molecule has 0 spiro atoms. The van der Waals surface area contributed by atoms with E-state index >= 15 is 0 Å². The number of hydrogen-bond acceptors (Lipinski definition) is 3. The van der Waals surface area contributed by atoms with E-state index in [0.717, 1.165) is 34.8 Å². The zero-order chi connectivity index (χ0) is 19.4. The molecule has 0 radical (unpaired) electrons. The fourth-order valence-corrected chi connectivity index (χ4v) is 3.23. The lowest BCUT2D eigenvalue weighted by Crippen LogP contribution is -2.31. The minimum absolute atomic E-state index is 0.0648. The third-order valence-electron chi connectivity index (χ3n) is 4.96. The highest BCUT2D eigenvalue weighted by Crippen LogP contribution is 2.28. The van der Waals surface area contributed by atoms with E-state index in [1.54, 1.807) is 12.0 Å². The molecule has 1 amide bonds. The molecule has 0 aliphatic carbocycles. The van der Waals surface area contributed by atoms with Crippen LogP contribution in [0.2, 0.25) is 0 Å². The van der Waals surface area contributed by atoms with Crippen LogP contribution in [0.4, 0.5) is 0 Å². The first-order valence-electron chi connectivity index (χ1n) is 9.17. The number of hydrogen-bond donors (Lipinski definition) is 0. The second kappa shape index (κ2) is 8.39. The molecular formula is C21H31N3O2. The lowest BCUT2D eigenvalue weighted by atomic mass is 10.0. The van der Waals surface area contributed by atoms with Crippen LogP contribution in [-0.2, 0) is 17.8 Å². The van der Waals surface area contributed by atoms with Crippen LogP contribution < -0.4 is 4.74 Å². The van der Waals surface area contributed by atoms with Gasteiger partial charge in [-0.15, -0.1) is 0 Å². The van der Waals surface area contributed by atoms with Gasteiger partial charge in [0, 0.05) is 30.4 Å². The molecule has 2 rings (SSSR count). The Bertz CT molecular complexity index is 765. The first kappa shape index (κ1) is 20.0. The molecule has 5 nitrogen and oxygen atoms in total. The number of aromatic nitrogens is 2. The Hall–Kier alpha value is -2.30. The van der Waals surface area contributed by atoms with Gasteiger partial charge < -0.3 is 9.64 Å². The fraction of sp³-hybridized carbons (Fsp3) is 0.524. The van der Waals surface area contributed by atoms with Crippen LogP contribution in [0.25, 0.3) is 0 Å². The van der Waals surface area contributed by atoms with Gasteiger partial charge in [0.15, 0.2) is 0 Å². The number of carbonyl (C=O) groups excluding carboxylic acids is 1. The van der Waals surface area contributed by atoms with E-state index in [2.05, 4.69) is 25.9 Å². The Balaban J connectivity index is 2.18. The third kappa shape index (κ3) is 4.26. The summed E-state index contributed by atoms with van der Waals surface area (Å²) in [6.07, 6.45) is 0.367. The molecule has 1 heterocycles. The van der Waals surface area contributed by atoms with Crippen LogP contribution in [0, 0.1) is 19.8 Å². The van der Waals surface area contributed by atoms with Gasteiger partial charge in [-0.1, -0.05) is 32.0 Å². The van der Waals surface area contributed by atoms with Crippen molar-refractivity contribution in [2.24, 2.45) is 5.92 Å². The zero-order valence-corrected chi connectivity index (χ0v) is 17.0. The Morgan fingerprint density at radius 1 is 1.23 bits per heavy atom. The SMILES string of the molecule is COc1ccccc1C(C)N(C)C(=O)Cc1c(C)nn(CC(C)C)c1C. The largest absolute Gasteiger partial charge is 0.496 e. The molecule has 0 aliphatic rings. The monoisotopic (exact) mass is 357 g/mol. The van der Waals surface area contributed by atoms with Gasteiger partial charge in [-0.2, -0.15) is 5.10 Å². The summed E-state index contributed by atoms with van der Waals surface area (Å²) in [6, 6.07) is 7.77. The van der Waals surface area contributed by atoms with E-state index in [1.807, 2.05) is 49.8 Å². The number of methoxy groups -OCH3 is 1. The second-order valence-electron chi connectivity index (χ2n) is 7.32. The summed E-state index contributed by atoms with van der Waals surface area (Å²) in [5.41, 5.74) is 4.07. The predicted octanol–water partition coefficient (Wildman–Crippen LogP) is 3.93. The average Bonchev–Trinajstić information content (AvgIpc) is 2.87. The molecule has 1 aromatic heterocycles. The standard InChI is InChI=1S/C21H31N3O2/c1-14(2)13-24-17(5)19(15(3)22-24)12-21(25)23(6)16(4)18-10-8-9-11-20(18)26-7/h8-11,14,16H,12-13H2,1-7H3. The van der Waals surface area contributed by atoms with Gasteiger partial charge in [-0.3, -0.25) is 9.48 Å². The highest BCUT2D eigenvalue weighted by molar-refractivity contribution is 5.79. The highest BCUT2D eigenvalue weighted by atomic mass is 16.5. The minimum Gasteiger partial charge on any atom is -0.496 e. The summed E-state index contributed by atoms with van der Waals surface area (Å²) in [5, 5.41) is 4.62. The zero-order valence-electron chi connectivity index (χ0n) is 17.0. The van der Waals surface area contributed by atoms with Crippen molar-refractivity contribution in [3.63, 3.8) is 0 Å². The van der Waals surface area contributed by atoms with E-state index in [-0.39, 0.29) is 11.9 Å². The number of likely N-dealkylation sites (N-methyl/N-ethyl adjacent to an activating group) is 1. The fourth-order valence-electron chi connectivity index (χ4n) is 3.23. The van der Waals surface area contributed by atoms with Gasteiger partial charge in [0.2, 0.25) is 5.91 Å². The number of benzene rings is 1. The molecule has 0 saturated heterocycles. The molecule has 142 valence electrons. The van der Waals surface area contributed by atoms with Crippen LogP contribution in [0.1, 0.15) is 49.3 Å². The van der Waals surface area contributed by atoms with Gasteiger partial charge in [0.25, 0.3) is 0 Å². The first-order valence-corrected chi connectivity index (χ1v) is 9.17. The van der Waals surface area contributed by atoms with Gasteiger partial charge in [0.1, 0.15) is 5.75 Å². The number of aryl methyl sites for hydroxylation is 1. The van der Waals surface area contributed by atoms with E-state index in [0.29, 0.717) is 12.3 Å². The summed E-state index contributed by atoms with van der Waals surface area (Å²) in [4.78, 5) is 14.7. The smallest absolute Gasteiger partial charge is 0.227 e. The molecule has 1 atom stereocenters. The molecule has 0 bridgehead atoms. The second-order valence-corrected chi connectivity index (χ2v) is 7.32. The molecule has 0 aliphatic heterocycles. The molecule has 0 saturated carbocycles. The molecule has 26 heavy (non-hydrogen) atoms. The van der Waals surface area contributed by atoms with Crippen molar-refractivity contribution < 1.29 is 9.53 Å². The van der Waals surface area contributed by atoms with Crippen molar-refractivity contribution >= 4 is 5.91 Å². The topological polar surface area (TPSA) is 47.4 Å². The third-order valence-corrected chi connectivity index (χ3v) is 4.96. The molecule has 1 aromatic carbocycles. The maximum absolute atomic E-state index is 12.9. The van der Waals surface area contributed by atoms with Crippen LogP contribution in [0.3, 0.4) is 0 Å². The molecular weight excluding hydrogens is 326 g/mol. The predicted molar refractivity (Wildman–Crippen MR) is 104 cm³/mol. The number of para-hydroxylation sites is 1. The van der Waals surface area contributed by atoms with Crippen molar-refractivity contribution in [1.82, 2.24) is 14.7 Å². The maximum Gasteiger partial charge on any atom is 0.227 e. The molecule has 0 N–H and O–H groups in total. The number of amides is 1. The Labute approximate surface area is 157 Å². The van der Waals surface area contributed by atoms with Crippen LogP contribution in [-0.4, -0.2) is 34.7 Å². The van der Waals surface area contributed by atoms with Crippen LogP contribution in [0.15, 0.2) is 24.3 Å². The average molecular weight is 357 g/mol. The lowest BCUT2D eigenvalue weighted by Gasteiger charge is -2.26. The summed E-state index contributed by atoms with van der Waals surface area (Å²) < 4.78 is 7.46. The summed E-state index contributed by atoms with van der Waals surface area (Å²) in [6.45, 7) is 11.3. The van der Waals surface area contributed by atoms with Gasteiger partial charge in [-0.25, -0.2) is 0 Å². The number of rotatable bonds is 7. The molecule has 0 fully saturated rings. The van der Waals surface area contributed by atoms with Gasteiger partial charge in [-0.05, 0) is 32.8 Å². The Morgan fingerprint density at radius 2 is 1.88 bits per heavy atom. The van der Waals surface area contributed by atoms with E-state index in [4.69, 9.17) is 4.74 Å². The minimum atomic E-state index is -0.0648. The molecule has 5 heteroatoms. The Kier molecular flexibility index (Phi) is 6.46. The van der Waals surface area contributed by atoms with Gasteiger partial charge in [0.05, 0.1) is 25.3 Å². The van der Waals surface area contributed by atoms with E-state index in [1.165, 1.54) is 0 Å². The first-order chi connectivity index (χ1) is 12.3. The summed E-state index contributed by atoms with van der Waals surface area (Å²) in [7, 11) is 3.51. The number of ether oxygens (including phenoxy) is 1. The van der Waals surface area contributed by atoms with Crippen molar-refractivity contribution in [1.29, 1.82) is 0 Å².